The standard InChI is InChI=1S/C17H27NO3/c1-4-20-17-7-6-15(14(3)19)10-16(17)12-18-8-5-9-21-13(2)11-18/h6-7,10,13-14,19H,4-5,8-9,11-12H2,1-3H3. The van der Waals surface area contributed by atoms with E-state index in [1.165, 1.54) is 0 Å². The van der Waals surface area contributed by atoms with Crippen molar-refractivity contribution in [3.63, 3.8) is 0 Å². The van der Waals surface area contributed by atoms with Gasteiger partial charge in [0.05, 0.1) is 18.8 Å². The summed E-state index contributed by atoms with van der Waals surface area (Å²) in [5.74, 6) is 0.916. The first-order chi connectivity index (χ1) is 10.1. The Balaban J connectivity index is 2.16. The molecule has 0 aromatic heterocycles. The molecule has 0 radical (unpaired) electrons. The zero-order valence-electron chi connectivity index (χ0n) is 13.3. The normalized spacial score (nSPS) is 21.8. The van der Waals surface area contributed by atoms with Gasteiger partial charge in [0, 0.05) is 31.8 Å². The molecule has 1 saturated heterocycles. The van der Waals surface area contributed by atoms with Crippen LogP contribution in [-0.4, -0.2) is 42.4 Å². The van der Waals surface area contributed by atoms with E-state index in [2.05, 4.69) is 17.9 Å². The lowest BCUT2D eigenvalue weighted by Gasteiger charge is -2.23. The molecule has 118 valence electrons. The van der Waals surface area contributed by atoms with Gasteiger partial charge in [-0.15, -0.1) is 0 Å². The Kier molecular flexibility index (Phi) is 6.03. The lowest BCUT2D eigenvalue weighted by Crippen LogP contribution is -2.30. The second-order valence-corrected chi connectivity index (χ2v) is 5.75. The average molecular weight is 293 g/mol. The second kappa shape index (κ2) is 7.78. The zero-order chi connectivity index (χ0) is 15.2. The Morgan fingerprint density at radius 3 is 3.00 bits per heavy atom. The van der Waals surface area contributed by atoms with Gasteiger partial charge in [-0.2, -0.15) is 0 Å². The Bertz CT molecular complexity index is 448. The van der Waals surface area contributed by atoms with Crippen LogP contribution in [0.5, 0.6) is 5.75 Å². The van der Waals surface area contributed by atoms with Crippen LogP contribution in [0.2, 0.25) is 0 Å². The number of hydrogen-bond acceptors (Lipinski definition) is 4. The highest BCUT2D eigenvalue weighted by Crippen LogP contribution is 2.25. The number of hydrogen-bond donors (Lipinski definition) is 1. The van der Waals surface area contributed by atoms with Crippen LogP contribution >= 0.6 is 0 Å². The minimum absolute atomic E-state index is 0.267. The fraction of sp³-hybridized carbons (Fsp3) is 0.647. The number of aliphatic hydroxyl groups is 1. The number of aliphatic hydroxyl groups excluding tert-OH is 1. The van der Waals surface area contributed by atoms with Gasteiger partial charge in [0.1, 0.15) is 5.75 Å². The maximum absolute atomic E-state index is 9.79. The molecule has 2 unspecified atom stereocenters. The lowest BCUT2D eigenvalue weighted by atomic mass is 10.1. The van der Waals surface area contributed by atoms with E-state index in [1.54, 1.807) is 6.92 Å². The molecule has 1 aliphatic heterocycles. The zero-order valence-corrected chi connectivity index (χ0v) is 13.3. The molecular weight excluding hydrogens is 266 g/mol. The summed E-state index contributed by atoms with van der Waals surface area (Å²) in [6.07, 6.45) is 0.874. The maximum Gasteiger partial charge on any atom is 0.123 e. The van der Waals surface area contributed by atoms with E-state index in [1.807, 2.05) is 19.1 Å². The van der Waals surface area contributed by atoms with Gasteiger partial charge in [0.15, 0.2) is 0 Å². The molecule has 1 aliphatic rings. The van der Waals surface area contributed by atoms with Crippen LogP contribution in [0.15, 0.2) is 18.2 Å². The first kappa shape index (κ1) is 16.3. The van der Waals surface area contributed by atoms with E-state index in [9.17, 15) is 5.11 Å². The van der Waals surface area contributed by atoms with Gasteiger partial charge in [-0.25, -0.2) is 0 Å². The van der Waals surface area contributed by atoms with Gasteiger partial charge >= 0.3 is 0 Å². The van der Waals surface area contributed by atoms with Crippen molar-refractivity contribution in [3.8, 4) is 5.75 Å². The van der Waals surface area contributed by atoms with Crippen molar-refractivity contribution in [1.29, 1.82) is 0 Å². The molecule has 21 heavy (non-hydrogen) atoms. The van der Waals surface area contributed by atoms with Crippen LogP contribution in [0.4, 0.5) is 0 Å². The van der Waals surface area contributed by atoms with Crippen molar-refractivity contribution in [2.24, 2.45) is 0 Å². The minimum Gasteiger partial charge on any atom is -0.494 e. The molecule has 1 heterocycles. The van der Waals surface area contributed by atoms with Crippen molar-refractivity contribution >= 4 is 0 Å². The van der Waals surface area contributed by atoms with Crippen LogP contribution in [0, 0.1) is 0 Å². The SMILES string of the molecule is CCOc1ccc(C(C)O)cc1CN1CCCOC(C)C1. The van der Waals surface area contributed by atoms with Crippen molar-refractivity contribution in [2.45, 2.75) is 45.9 Å². The number of rotatable bonds is 5. The predicted molar refractivity (Wildman–Crippen MR) is 83.6 cm³/mol. The van der Waals surface area contributed by atoms with Gasteiger partial charge < -0.3 is 14.6 Å². The van der Waals surface area contributed by atoms with Gasteiger partial charge in [0.25, 0.3) is 0 Å². The molecule has 1 N–H and O–H groups in total. The van der Waals surface area contributed by atoms with Crippen molar-refractivity contribution in [1.82, 2.24) is 4.90 Å². The predicted octanol–water partition coefficient (Wildman–Crippen LogP) is 2.75. The van der Waals surface area contributed by atoms with E-state index >= 15 is 0 Å². The molecule has 1 aromatic carbocycles. The summed E-state index contributed by atoms with van der Waals surface area (Å²) < 4.78 is 11.4. The quantitative estimate of drug-likeness (QED) is 0.906. The maximum atomic E-state index is 9.79. The van der Waals surface area contributed by atoms with E-state index in [0.717, 1.165) is 49.5 Å². The van der Waals surface area contributed by atoms with Crippen LogP contribution < -0.4 is 4.74 Å². The lowest BCUT2D eigenvalue weighted by molar-refractivity contribution is 0.0666. The third-order valence-electron chi connectivity index (χ3n) is 3.80. The molecule has 4 heteroatoms. The molecule has 0 spiro atoms. The second-order valence-electron chi connectivity index (χ2n) is 5.75. The summed E-state index contributed by atoms with van der Waals surface area (Å²) in [5.41, 5.74) is 2.08. The Labute approximate surface area is 127 Å². The van der Waals surface area contributed by atoms with E-state index in [0.29, 0.717) is 6.61 Å². The van der Waals surface area contributed by atoms with E-state index in [4.69, 9.17) is 9.47 Å². The fourth-order valence-corrected chi connectivity index (χ4v) is 2.74. The molecule has 0 amide bonds. The van der Waals surface area contributed by atoms with Crippen LogP contribution in [0.3, 0.4) is 0 Å². The van der Waals surface area contributed by atoms with Gasteiger partial charge in [-0.3, -0.25) is 4.90 Å². The van der Waals surface area contributed by atoms with Crippen LogP contribution in [0.1, 0.15) is 44.4 Å². The Morgan fingerprint density at radius 1 is 1.48 bits per heavy atom. The highest BCUT2D eigenvalue weighted by atomic mass is 16.5. The molecular formula is C17H27NO3. The molecule has 4 nitrogen and oxygen atoms in total. The fourth-order valence-electron chi connectivity index (χ4n) is 2.74. The largest absolute Gasteiger partial charge is 0.494 e. The third kappa shape index (κ3) is 4.70. The molecule has 0 bridgehead atoms. The Hall–Kier alpha value is -1.10. The summed E-state index contributed by atoms with van der Waals surface area (Å²) in [6, 6.07) is 5.97. The topological polar surface area (TPSA) is 41.9 Å². The van der Waals surface area contributed by atoms with Crippen LogP contribution in [-0.2, 0) is 11.3 Å². The Morgan fingerprint density at radius 2 is 2.29 bits per heavy atom. The molecule has 0 aliphatic carbocycles. The highest BCUT2D eigenvalue weighted by Gasteiger charge is 2.17. The van der Waals surface area contributed by atoms with E-state index < -0.39 is 6.10 Å². The first-order valence-electron chi connectivity index (χ1n) is 7.87. The first-order valence-corrected chi connectivity index (χ1v) is 7.87. The molecule has 0 saturated carbocycles. The van der Waals surface area contributed by atoms with Gasteiger partial charge in [-0.1, -0.05) is 6.07 Å². The summed E-state index contributed by atoms with van der Waals surface area (Å²) in [4.78, 5) is 2.40. The molecule has 1 aromatic rings. The third-order valence-corrected chi connectivity index (χ3v) is 3.80. The van der Waals surface area contributed by atoms with Gasteiger partial charge in [0.2, 0.25) is 0 Å². The summed E-state index contributed by atoms with van der Waals surface area (Å²) in [6.45, 7) is 10.2. The number of benzene rings is 1. The van der Waals surface area contributed by atoms with E-state index in [-0.39, 0.29) is 6.10 Å². The molecule has 2 atom stereocenters. The number of nitrogens with zero attached hydrogens (tertiary/aromatic N) is 1. The monoisotopic (exact) mass is 293 g/mol. The van der Waals surface area contributed by atoms with Crippen LogP contribution in [0.25, 0.3) is 0 Å². The van der Waals surface area contributed by atoms with Crippen molar-refractivity contribution in [3.05, 3.63) is 29.3 Å². The summed E-state index contributed by atoms with van der Waals surface area (Å²) in [5, 5.41) is 9.79. The van der Waals surface area contributed by atoms with Gasteiger partial charge in [-0.05, 0) is 44.9 Å². The van der Waals surface area contributed by atoms with Crippen molar-refractivity contribution in [2.75, 3.05) is 26.3 Å². The molecule has 1 fully saturated rings. The minimum atomic E-state index is -0.453. The molecule has 2 rings (SSSR count). The highest BCUT2D eigenvalue weighted by molar-refractivity contribution is 5.38. The summed E-state index contributed by atoms with van der Waals surface area (Å²) in [7, 11) is 0. The smallest absolute Gasteiger partial charge is 0.123 e. The van der Waals surface area contributed by atoms with Crippen molar-refractivity contribution < 1.29 is 14.6 Å². The summed E-state index contributed by atoms with van der Waals surface area (Å²) >= 11 is 0. The number of ether oxygens (including phenoxy) is 2. The average Bonchev–Trinajstić information content (AvgIpc) is 2.65.